The summed E-state index contributed by atoms with van der Waals surface area (Å²) in [5.74, 6) is 0. The van der Waals surface area contributed by atoms with Gasteiger partial charge in [-0.3, -0.25) is 4.79 Å². The number of carbonyl (C=O) groups is 1. The highest BCUT2D eigenvalue weighted by Gasteiger charge is 2.60. The van der Waals surface area contributed by atoms with Gasteiger partial charge in [-0.15, -0.1) is 0 Å². The molecular weight excluding hydrogens is 197 g/mol. The molecule has 1 aliphatic heterocycles. The van der Waals surface area contributed by atoms with E-state index in [9.17, 15) is 18.0 Å². The van der Waals surface area contributed by atoms with Gasteiger partial charge in [0, 0.05) is 6.20 Å². The van der Waals surface area contributed by atoms with Crippen LogP contribution < -0.4 is 0 Å². The van der Waals surface area contributed by atoms with Crippen LogP contribution in [0.15, 0.2) is 22.5 Å². The summed E-state index contributed by atoms with van der Waals surface area (Å²) in [5.41, 5.74) is -2.96. The van der Waals surface area contributed by atoms with E-state index in [1.807, 2.05) is 0 Å². The van der Waals surface area contributed by atoms with Crippen LogP contribution in [0.4, 0.5) is 13.2 Å². The Balaban J connectivity index is 3.14. The molecule has 1 heterocycles. The fourth-order valence-electron chi connectivity index (χ4n) is 0.666. The Morgan fingerprint density at radius 2 is 2.08 bits per heavy atom. The van der Waals surface area contributed by atoms with Gasteiger partial charge >= 0.3 is 6.18 Å². The van der Waals surface area contributed by atoms with E-state index in [4.69, 9.17) is 11.6 Å². The molecule has 0 bridgehead atoms. The highest BCUT2D eigenvalue weighted by Crippen LogP contribution is 2.39. The smallest absolute Gasteiger partial charge is 0.278 e. The number of azo groups is 1. The SMILES string of the molecule is O=C(Cl)C1(C(F)(F)F)C=CN=N1. The summed E-state index contributed by atoms with van der Waals surface area (Å²) in [7, 11) is 0. The van der Waals surface area contributed by atoms with Gasteiger partial charge in [0.25, 0.3) is 10.8 Å². The molecule has 0 saturated carbocycles. The summed E-state index contributed by atoms with van der Waals surface area (Å²) < 4.78 is 36.5. The lowest BCUT2D eigenvalue weighted by atomic mass is 10.0. The number of hydrogen-bond acceptors (Lipinski definition) is 3. The van der Waals surface area contributed by atoms with Crippen molar-refractivity contribution >= 4 is 16.8 Å². The molecule has 0 spiro atoms. The van der Waals surface area contributed by atoms with E-state index in [1.54, 1.807) is 0 Å². The average Bonchev–Trinajstić information content (AvgIpc) is 2.31. The number of hydrogen-bond donors (Lipinski definition) is 0. The second-order valence-electron chi connectivity index (χ2n) is 2.07. The predicted molar refractivity (Wildman–Crippen MR) is 33.6 cm³/mol. The fourth-order valence-corrected chi connectivity index (χ4v) is 0.874. The first-order valence-electron chi connectivity index (χ1n) is 2.76. The molecule has 1 aliphatic rings. The zero-order valence-electron chi connectivity index (χ0n) is 5.47. The van der Waals surface area contributed by atoms with Crippen LogP contribution in [0, 0.1) is 0 Å². The van der Waals surface area contributed by atoms with Crippen molar-refractivity contribution in [2.24, 2.45) is 10.2 Å². The standard InChI is InChI=1S/C5H2ClF3N2O/c6-3(12)4(5(7,8)9)1-2-10-11-4/h1-2H. The van der Waals surface area contributed by atoms with Crippen LogP contribution in [0.5, 0.6) is 0 Å². The van der Waals surface area contributed by atoms with Crippen molar-refractivity contribution in [2.45, 2.75) is 11.7 Å². The molecule has 0 aromatic rings. The Labute approximate surface area is 69.9 Å². The van der Waals surface area contributed by atoms with Crippen molar-refractivity contribution in [3.63, 3.8) is 0 Å². The van der Waals surface area contributed by atoms with E-state index in [-0.39, 0.29) is 0 Å². The zero-order valence-corrected chi connectivity index (χ0v) is 6.23. The fraction of sp³-hybridized carbons (Fsp3) is 0.400. The second kappa shape index (κ2) is 2.55. The Bertz CT molecular complexity index is 258. The summed E-state index contributed by atoms with van der Waals surface area (Å²) in [6, 6.07) is 0. The molecule has 1 unspecified atom stereocenters. The van der Waals surface area contributed by atoms with Gasteiger partial charge in [0.05, 0.1) is 0 Å². The maximum Gasteiger partial charge on any atom is 0.427 e. The van der Waals surface area contributed by atoms with Crippen molar-refractivity contribution in [2.75, 3.05) is 0 Å². The Kier molecular flexibility index (Phi) is 1.95. The van der Waals surface area contributed by atoms with E-state index in [2.05, 4.69) is 10.2 Å². The van der Waals surface area contributed by atoms with Gasteiger partial charge in [0.15, 0.2) is 0 Å². The van der Waals surface area contributed by atoms with Crippen LogP contribution in [-0.4, -0.2) is 17.0 Å². The van der Waals surface area contributed by atoms with E-state index >= 15 is 0 Å². The highest BCUT2D eigenvalue weighted by atomic mass is 35.5. The Hall–Kier alpha value is -0.910. The highest BCUT2D eigenvalue weighted by molar-refractivity contribution is 6.66. The maximum atomic E-state index is 12.2. The molecule has 0 saturated heterocycles. The molecule has 66 valence electrons. The monoisotopic (exact) mass is 198 g/mol. The van der Waals surface area contributed by atoms with E-state index < -0.39 is 17.0 Å². The molecule has 0 N–H and O–H groups in total. The average molecular weight is 199 g/mol. The largest absolute Gasteiger partial charge is 0.427 e. The minimum atomic E-state index is -4.83. The Morgan fingerprint density at radius 3 is 2.25 bits per heavy atom. The summed E-state index contributed by atoms with van der Waals surface area (Å²) in [6.45, 7) is 0. The first kappa shape index (κ1) is 9.18. The predicted octanol–water partition coefficient (Wildman–Crippen LogP) is 2.03. The summed E-state index contributed by atoms with van der Waals surface area (Å²) >= 11 is 4.76. The van der Waals surface area contributed by atoms with Crippen molar-refractivity contribution in [3.8, 4) is 0 Å². The molecule has 0 aliphatic carbocycles. The molecule has 0 aromatic carbocycles. The van der Waals surface area contributed by atoms with Gasteiger partial charge in [-0.25, -0.2) is 0 Å². The minimum absolute atomic E-state index is 0.516. The van der Waals surface area contributed by atoms with Gasteiger partial charge < -0.3 is 0 Å². The third-order valence-electron chi connectivity index (χ3n) is 1.33. The van der Waals surface area contributed by atoms with Crippen LogP contribution in [0.2, 0.25) is 0 Å². The quantitative estimate of drug-likeness (QED) is 0.595. The van der Waals surface area contributed by atoms with Gasteiger partial charge in [-0.2, -0.15) is 23.4 Å². The Morgan fingerprint density at radius 1 is 1.50 bits per heavy atom. The third-order valence-corrected chi connectivity index (χ3v) is 1.62. The van der Waals surface area contributed by atoms with Crippen LogP contribution in [0.25, 0.3) is 0 Å². The molecule has 1 rings (SSSR count). The summed E-state index contributed by atoms with van der Waals surface area (Å²) in [4.78, 5) is 10.5. The normalized spacial score (nSPS) is 28.0. The number of nitrogens with zero attached hydrogens (tertiary/aromatic N) is 2. The minimum Gasteiger partial charge on any atom is -0.278 e. The summed E-state index contributed by atoms with van der Waals surface area (Å²) in [6.07, 6.45) is -3.53. The van der Waals surface area contributed by atoms with Gasteiger partial charge in [0.2, 0.25) is 0 Å². The van der Waals surface area contributed by atoms with E-state index in [0.29, 0.717) is 6.08 Å². The van der Waals surface area contributed by atoms with Gasteiger partial charge in [-0.05, 0) is 17.7 Å². The molecule has 0 aromatic heterocycles. The second-order valence-corrected chi connectivity index (χ2v) is 2.41. The van der Waals surface area contributed by atoms with Crippen molar-refractivity contribution in [1.29, 1.82) is 0 Å². The zero-order chi connectivity index (χ0) is 9.41. The lowest BCUT2D eigenvalue weighted by Crippen LogP contribution is -2.45. The number of carbonyl (C=O) groups excluding carboxylic acids is 1. The van der Waals surface area contributed by atoms with E-state index in [1.165, 1.54) is 0 Å². The van der Waals surface area contributed by atoms with Gasteiger partial charge in [-0.1, -0.05) is 0 Å². The lowest BCUT2D eigenvalue weighted by Gasteiger charge is -2.20. The molecule has 7 heteroatoms. The molecule has 3 nitrogen and oxygen atoms in total. The first-order valence-corrected chi connectivity index (χ1v) is 3.14. The number of rotatable bonds is 1. The van der Waals surface area contributed by atoms with Crippen LogP contribution in [0.3, 0.4) is 0 Å². The first-order chi connectivity index (χ1) is 5.40. The molecule has 0 fully saturated rings. The molecular formula is C5H2ClF3N2O. The molecule has 12 heavy (non-hydrogen) atoms. The molecule has 0 amide bonds. The number of halogens is 4. The van der Waals surface area contributed by atoms with E-state index in [0.717, 1.165) is 6.20 Å². The maximum absolute atomic E-state index is 12.2. The third kappa shape index (κ3) is 1.12. The number of alkyl halides is 3. The molecule has 1 atom stereocenters. The van der Waals surface area contributed by atoms with Crippen molar-refractivity contribution < 1.29 is 18.0 Å². The van der Waals surface area contributed by atoms with Crippen LogP contribution in [-0.2, 0) is 4.79 Å². The van der Waals surface area contributed by atoms with Gasteiger partial charge in [0.1, 0.15) is 0 Å². The van der Waals surface area contributed by atoms with Crippen LogP contribution in [0.1, 0.15) is 0 Å². The summed E-state index contributed by atoms with van der Waals surface area (Å²) in [5, 5.41) is 4.09. The molecule has 0 radical (unpaired) electrons. The lowest BCUT2D eigenvalue weighted by molar-refractivity contribution is -0.174. The van der Waals surface area contributed by atoms with Crippen molar-refractivity contribution in [3.05, 3.63) is 12.3 Å². The van der Waals surface area contributed by atoms with Crippen molar-refractivity contribution in [1.82, 2.24) is 0 Å². The van der Waals surface area contributed by atoms with Crippen LogP contribution >= 0.6 is 11.6 Å². The topological polar surface area (TPSA) is 41.8 Å².